The van der Waals surface area contributed by atoms with Gasteiger partial charge < -0.3 is 14.2 Å². The zero-order valence-corrected chi connectivity index (χ0v) is 7.82. The molecule has 1 fully saturated rings. The zero-order chi connectivity index (χ0) is 9.52. The van der Waals surface area contributed by atoms with Gasteiger partial charge in [-0.15, -0.1) is 0 Å². The van der Waals surface area contributed by atoms with E-state index in [4.69, 9.17) is 9.47 Å². The molecule has 5 nitrogen and oxygen atoms in total. The van der Waals surface area contributed by atoms with Crippen molar-refractivity contribution in [2.24, 2.45) is 0 Å². The summed E-state index contributed by atoms with van der Waals surface area (Å²) < 4.78 is 14.3. The Kier molecular flexibility index (Phi) is 4.56. The molecule has 0 aromatic carbocycles. The van der Waals surface area contributed by atoms with Crippen LogP contribution in [0.2, 0.25) is 0 Å². The van der Waals surface area contributed by atoms with Crippen molar-refractivity contribution in [1.29, 1.82) is 0 Å². The first kappa shape index (κ1) is 10.3. The summed E-state index contributed by atoms with van der Waals surface area (Å²) in [5, 5.41) is 0. The third-order valence-electron chi connectivity index (χ3n) is 1.90. The molecule has 1 aliphatic rings. The third-order valence-corrected chi connectivity index (χ3v) is 1.90. The quantitative estimate of drug-likeness (QED) is 0.589. The summed E-state index contributed by atoms with van der Waals surface area (Å²) in [5.74, 6) is 0. The van der Waals surface area contributed by atoms with E-state index in [0.717, 1.165) is 32.8 Å². The van der Waals surface area contributed by atoms with Gasteiger partial charge in [-0.05, 0) is 0 Å². The number of hydrogen-bond acceptors (Lipinski definition) is 5. The predicted molar refractivity (Wildman–Crippen MR) is 45.6 cm³/mol. The van der Waals surface area contributed by atoms with Gasteiger partial charge in [-0.2, -0.15) is 0 Å². The number of hydrogen-bond donors (Lipinski definition) is 0. The number of methoxy groups -OCH3 is 1. The Bertz CT molecular complexity index is 156. The Morgan fingerprint density at radius 2 is 2.15 bits per heavy atom. The summed E-state index contributed by atoms with van der Waals surface area (Å²) in [6.07, 6.45) is -0.617. The van der Waals surface area contributed by atoms with Crippen molar-refractivity contribution in [3.05, 3.63) is 0 Å². The molecule has 0 saturated carbocycles. The summed E-state index contributed by atoms with van der Waals surface area (Å²) in [6.45, 7) is 4.47. The Balaban J connectivity index is 2.01. The molecule has 13 heavy (non-hydrogen) atoms. The normalized spacial score (nSPS) is 18.2. The van der Waals surface area contributed by atoms with Crippen molar-refractivity contribution in [2.75, 3.05) is 46.6 Å². The summed E-state index contributed by atoms with van der Waals surface area (Å²) in [5.41, 5.74) is 0. The fourth-order valence-electron chi connectivity index (χ4n) is 1.14. The highest BCUT2D eigenvalue weighted by atomic mass is 16.7. The van der Waals surface area contributed by atoms with Gasteiger partial charge in [0, 0.05) is 19.6 Å². The van der Waals surface area contributed by atoms with E-state index in [-0.39, 0.29) is 0 Å². The topological polar surface area (TPSA) is 48.0 Å². The van der Waals surface area contributed by atoms with Crippen LogP contribution in [0.1, 0.15) is 0 Å². The highest BCUT2D eigenvalue weighted by Crippen LogP contribution is 1.96. The van der Waals surface area contributed by atoms with Crippen LogP contribution in [0.25, 0.3) is 0 Å². The van der Waals surface area contributed by atoms with E-state index in [1.165, 1.54) is 7.11 Å². The first-order valence-electron chi connectivity index (χ1n) is 4.34. The highest BCUT2D eigenvalue weighted by Gasteiger charge is 2.10. The van der Waals surface area contributed by atoms with Crippen LogP contribution in [-0.4, -0.2) is 57.6 Å². The molecule has 0 N–H and O–H groups in total. The van der Waals surface area contributed by atoms with E-state index >= 15 is 0 Å². The standard InChI is InChI=1S/C8H15NO4/c1-11-8(10)13-7-4-9-2-5-12-6-3-9/h2-7H2,1H3. The van der Waals surface area contributed by atoms with Crippen molar-refractivity contribution in [3.63, 3.8) is 0 Å². The molecule has 76 valence electrons. The van der Waals surface area contributed by atoms with E-state index in [0.29, 0.717) is 6.61 Å². The van der Waals surface area contributed by atoms with Gasteiger partial charge in [0.15, 0.2) is 0 Å². The summed E-state index contributed by atoms with van der Waals surface area (Å²) in [4.78, 5) is 12.8. The number of carbonyl (C=O) groups excluding carboxylic acids is 1. The Labute approximate surface area is 77.6 Å². The monoisotopic (exact) mass is 189 g/mol. The van der Waals surface area contributed by atoms with Gasteiger partial charge in [0.1, 0.15) is 6.61 Å². The fourth-order valence-corrected chi connectivity index (χ4v) is 1.14. The smallest absolute Gasteiger partial charge is 0.438 e. The SMILES string of the molecule is COC(=O)OCCN1CCOCC1. The summed E-state index contributed by atoms with van der Waals surface area (Å²) >= 11 is 0. The number of morpholine rings is 1. The molecule has 1 aliphatic heterocycles. The summed E-state index contributed by atoms with van der Waals surface area (Å²) in [6, 6.07) is 0. The van der Waals surface area contributed by atoms with Gasteiger partial charge >= 0.3 is 6.16 Å². The van der Waals surface area contributed by atoms with Crippen molar-refractivity contribution in [3.8, 4) is 0 Å². The van der Waals surface area contributed by atoms with E-state index in [9.17, 15) is 4.79 Å². The van der Waals surface area contributed by atoms with E-state index in [1.807, 2.05) is 0 Å². The van der Waals surface area contributed by atoms with E-state index in [2.05, 4.69) is 9.64 Å². The Hall–Kier alpha value is -0.810. The molecule has 1 heterocycles. The van der Waals surface area contributed by atoms with Crippen LogP contribution in [0.4, 0.5) is 4.79 Å². The van der Waals surface area contributed by atoms with Crippen LogP contribution in [0.3, 0.4) is 0 Å². The molecule has 0 aliphatic carbocycles. The first-order chi connectivity index (χ1) is 6.33. The molecule has 1 rings (SSSR count). The second-order valence-electron chi connectivity index (χ2n) is 2.76. The molecule has 0 bridgehead atoms. The summed E-state index contributed by atoms with van der Waals surface area (Å²) in [7, 11) is 1.30. The molecular formula is C8H15NO4. The zero-order valence-electron chi connectivity index (χ0n) is 7.82. The molecule has 0 aromatic heterocycles. The number of carbonyl (C=O) groups is 1. The van der Waals surface area contributed by atoms with Crippen molar-refractivity contribution in [1.82, 2.24) is 4.90 Å². The highest BCUT2D eigenvalue weighted by molar-refractivity contribution is 5.59. The molecule has 5 heteroatoms. The van der Waals surface area contributed by atoms with Gasteiger partial charge in [-0.3, -0.25) is 4.90 Å². The van der Waals surface area contributed by atoms with Gasteiger partial charge in [0.25, 0.3) is 0 Å². The average molecular weight is 189 g/mol. The van der Waals surface area contributed by atoms with Crippen molar-refractivity contribution >= 4 is 6.16 Å². The molecule has 0 aromatic rings. The number of nitrogens with zero attached hydrogens (tertiary/aromatic N) is 1. The Morgan fingerprint density at radius 3 is 2.77 bits per heavy atom. The van der Waals surface area contributed by atoms with Crippen molar-refractivity contribution < 1.29 is 19.0 Å². The van der Waals surface area contributed by atoms with Gasteiger partial charge in [0.05, 0.1) is 20.3 Å². The molecule has 0 atom stereocenters. The second-order valence-corrected chi connectivity index (χ2v) is 2.76. The number of ether oxygens (including phenoxy) is 3. The van der Waals surface area contributed by atoms with E-state index < -0.39 is 6.16 Å². The maximum atomic E-state index is 10.6. The van der Waals surface area contributed by atoms with Gasteiger partial charge in [-0.25, -0.2) is 4.79 Å². The molecule has 1 saturated heterocycles. The molecule has 0 radical (unpaired) electrons. The largest absolute Gasteiger partial charge is 0.508 e. The average Bonchev–Trinajstić information content (AvgIpc) is 2.19. The molecular weight excluding hydrogens is 174 g/mol. The lowest BCUT2D eigenvalue weighted by Gasteiger charge is -2.25. The lowest BCUT2D eigenvalue weighted by molar-refractivity contribution is 0.0199. The van der Waals surface area contributed by atoms with Gasteiger partial charge in [-0.1, -0.05) is 0 Å². The molecule has 0 amide bonds. The lowest BCUT2D eigenvalue weighted by Crippen LogP contribution is -2.38. The first-order valence-corrected chi connectivity index (χ1v) is 4.34. The predicted octanol–water partition coefficient (Wildman–Crippen LogP) is 0.102. The minimum Gasteiger partial charge on any atom is -0.438 e. The Morgan fingerprint density at radius 1 is 1.46 bits per heavy atom. The minimum absolute atomic E-state index is 0.382. The number of rotatable bonds is 3. The third kappa shape index (κ3) is 4.10. The fraction of sp³-hybridized carbons (Fsp3) is 0.875. The maximum Gasteiger partial charge on any atom is 0.508 e. The maximum absolute atomic E-state index is 10.6. The molecule has 0 spiro atoms. The minimum atomic E-state index is -0.617. The van der Waals surface area contributed by atoms with Crippen LogP contribution in [0.15, 0.2) is 0 Å². The van der Waals surface area contributed by atoms with Crippen LogP contribution in [0.5, 0.6) is 0 Å². The van der Waals surface area contributed by atoms with Gasteiger partial charge in [0.2, 0.25) is 0 Å². The molecule has 0 unspecified atom stereocenters. The van der Waals surface area contributed by atoms with Crippen LogP contribution in [-0.2, 0) is 14.2 Å². The van der Waals surface area contributed by atoms with Crippen LogP contribution in [0, 0.1) is 0 Å². The second kappa shape index (κ2) is 5.77. The van der Waals surface area contributed by atoms with Crippen molar-refractivity contribution in [2.45, 2.75) is 0 Å². The van der Waals surface area contributed by atoms with E-state index in [1.54, 1.807) is 0 Å². The lowest BCUT2D eigenvalue weighted by atomic mass is 10.4. The van der Waals surface area contributed by atoms with Crippen LogP contribution >= 0.6 is 0 Å². The van der Waals surface area contributed by atoms with Crippen LogP contribution < -0.4 is 0 Å².